The lowest BCUT2D eigenvalue weighted by Crippen LogP contribution is -2.51. The summed E-state index contributed by atoms with van der Waals surface area (Å²) in [5, 5.41) is 2.89. The molecule has 0 bridgehead atoms. The molecule has 11 heteroatoms. The van der Waals surface area contributed by atoms with Crippen molar-refractivity contribution in [3.05, 3.63) is 18.2 Å². The van der Waals surface area contributed by atoms with Gasteiger partial charge in [-0.1, -0.05) is 11.3 Å². The predicted molar refractivity (Wildman–Crippen MR) is 93.3 cm³/mol. The fourth-order valence-electron chi connectivity index (χ4n) is 2.96. The Hall–Kier alpha value is -2.40. The van der Waals surface area contributed by atoms with Crippen LogP contribution in [-0.2, 0) is 9.59 Å². The maximum atomic E-state index is 12.6. The van der Waals surface area contributed by atoms with E-state index in [1.165, 1.54) is 17.0 Å². The molecule has 1 aliphatic rings. The molecular weight excluding hydrogens is 385 g/mol. The van der Waals surface area contributed by atoms with Crippen LogP contribution in [0.1, 0.15) is 19.3 Å². The molecule has 0 spiro atoms. The second kappa shape index (κ2) is 7.69. The van der Waals surface area contributed by atoms with Gasteiger partial charge in [-0.2, -0.15) is 0 Å². The molecule has 2 amide bonds. The molecule has 1 fully saturated rings. The molecule has 1 aliphatic heterocycles. The normalized spacial score (nSPS) is 17.8. The van der Waals surface area contributed by atoms with Gasteiger partial charge < -0.3 is 20.7 Å². The number of likely N-dealkylation sites (tertiary alicyclic amines) is 1. The Morgan fingerprint density at radius 1 is 1.37 bits per heavy atom. The number of thiazole rings is 1. The molecule has 27 heavy (non-hydrogen) atoms. The van der Waals surface area contributed by atoms with Gasteiger partial charge in [0.25, 0.3) is 0 Å². The van der Waals surface area contributed by atoms with Gasteiger partial charge in [-0.25, -0.2) is 4.98 Å². The van der Waals surface area contributed by atoms with E-state index in [0.29, 0.717) is 23.2 Å². The van der Waals surface area contributed by atoms with Crippen LogP contribution in [0.4, 0.5) is 18.3 Å². The number of hydrogen-bond acceptors (Lipinski definition) is 6. The van der Waals surface area contributed by atoms with Crippen LogP contribution in [0.15, 0.2) is 18.2 Å². The fraction of sp³-hybridized carbons (Fsp3) is 0.438. The first-order valence-electron chi connectivity index (χ1n) is 8.23. The minimum Gasteiger partial charge on any atom is -0.406 e. The fourth-order valence-corrected chi connectivity index (χ4v) is 3.86. The van der Waals surface area contributed by atoms with E-state index in [1.807, 2.05) is 0 Å². The van der Waals surface area contributed by atoms with Gasteiger partial charge in [0.05, 0.1) is 16.8 Å². The molecule has 1 aromatic heterocycles. The number of anilines is 1. The number of fused-ring (bicyclic) bond motifs is 1. The third-order valence-corrected chi connectivity index (χ3v) is 5.06. The molecule has 1 saturated heterocycles. The number of amides is 2. The summed E-state index contributed by atoms with van der Waals surface area (Å²) in [6.07, 6.45) is -2.65. The van der Waals surface area contributed by atoms with Crippen LogP contribution in [0, 0.1) is 0 Å². The van der Waals surface area contributed by atoms with Crippen LogP contribution in [0.25, 0.3) is 10.2 Å². The van der Waals surface area contributed by atoms with Crippen LogP contribution in [0.3, 0.4) is 0 Å². The number of alkyl halides is 3. The Kier molecular flexibility index (Phi) is 5.51. The summed E-state index contributed by atoms with van der Waals surface area (Å²) in [6.45, 7) is 0.291. The Bertz CT molecular complexity index is 855. The highest BCUT2D eigenvalue weighted by atomic mass is 32.1. The first-order valence-corrected chi connectivity index (χ1v) is 9.05. The molecule has 3 rings (SSSR count). The maximum Gasteiger partial charge on any atom is 0.573 e. The number of carbonyl (C=O) groups excluding carboxylic acids is 2. The Morgan fingerprint density at radius 3 is 2.85 bits per heavy atom. The molecule has 146 valence electrons. The number of halogens is 3. The van der Waals surface area contributed by atoms with Crippen molar-refractivity contribution in [2.24, 2.45) is 5.73 Å². The monoisotopic (exact) mass is 402 g/mol. The number of ether oxygens (including phenoxy) is 1. The number of hydrogen-bond donors (Lipinski definition) is 2. The van der Waals surface area contributed by atoms with E-state index < -0.39 is 12.4 Å². The first-order chi connectivity index (χ1) is 12.8. The van der Waals surface area contributed by atoms with Gasteiger partial charge in [-0.3, -0.25) is 9.59 Å². The average molecular weight is 402 g/mol. The minimum absolute atomic E-state index is 0.174. The van der Waals surface area contributed by atoms with Crippen molar-refractivity contribution in [1.82, 2.24) is 9.88 Å². The second-order valence-electron chi connectivity index (χ2n) is 5.99. The molecule has 7 nitrogen and oxygen atoms in total. The van der Waals surface area contributed by atoms with Crippen LogP contribution < -0.4 is 15.8 Å². The number of aromatic nitrogens is 1. The van der Waals surface area contributed by atoms with Gasteiger partial charge in [-0.15, -0.1) is 13.2 Å². The highest BCUT2D eigenvalue weighted by molar-refractivity contribution is 7.22. The molecule has 3 N–H and O–H groups in total. The van der Waals surface area contributed by atoms with E-state index in [-0.39, 0.29) is 29.2 Å². The zero-order valence-corrected chi connectivity index (χ0v) is 14.9. The van der Waals surface area contributed by atoms with Gasteiger partial charge in [-0.05, 0) is 31.4 Å². The summed E-state index contributed by atoms with van der Waals surface area (Å²) in [7, 11) is 0. The lowest BCUT2D eigenvalue weighted by atomic mass is 10.0. The van der Waals surface area contributed by atoms with Crippen molar-refractivity contribution in [3.63, 3.8) is 0 Å². The van der Waals surface area contributed by atoms with Crippen LogP contribution >= 0.6 is 11.3 Å². The van der Waals surface area contributed by atoms with E-state index in [0.717, 1.165) is 30.2 Å². The highest BCUT2D eigenvalue weighted by Crippen LogP contribution is 2.32. The summed E-state index contributed by atoms with van der Waals surface area (Å²) in [5.74, 6) is -1.04. The topological polar surface area (TPSA) is 97.6 Å². The van der Waals surface area contributed by atoms with Crippen molar-refractivity contribution >= 4 is 38.5 Å². The van der Waals surface area contributed by atoms with Crippen LogP contribution in [-0.4, -0.2) is 47.2 Å². The van der Waals surface area contributed by atoms with E-state index >= 15 is 0 Å². The number of carbonyl (C=O) groups is 2. The SMILES string of the molecule is NCC(=O)N1CCCCC1C(=O)Nc1nc2ccc(OC(F)(F)F)cc2s1. The second-order valence-corrected chi connectivity index (χ2v) is 7.02. The summed E-state index contributed by atoms with van der Waals surface area (Å²) < 4.78 is 41.3. The number of piperidine rings is 1. The van der Waals surface area contributed by atoms with Crippen LogP contribution in [0.5, 0.6) is 5.75 Å². The smallest absolute Gasteiger partial charge is 0.406 e. The number of benzene rings is 1. The highest BCUT2D eigenvalue weighted by Gasteiger charge is 2.32. The third kappa shape index (κ3) is 4.66. The summed E-state index contributed by atoms with van der Waals surface area (Å²) in [4.78, 5) is 30.2. The van der Waals surface area contributed by atoms with Crippen molar-refractivity contribution in [3.8, 4) is 5.75 Å². The molecule has 0 aliphatic carbocycles. The number of nitrogens with one attached hydrogen (secondary N) is 1. The lowest BCUT2D eigenvalue weighted by molar-refractivity contribution is -0.274. The molecule has 1 aromatic carbocycles. The Balaban J connectivity index is 1.75. The average Bonchev–Trinajstić information content (AvgIpc) is 3.01. The molecule has 2 aromatic rings. The van der Waals surface area contributed by atoms with Crippen molar-refractivity contribution in [2.75, 3.05) is 18.4 Å². The molecule has 1 unspecified atom stereocenters. The Morgan fingerprint density at radius 2 is 2.15 bits per heavy atom. The summed E-state index contributed by atoms with van der Waals surface area (Å²) in [5.41, 5.74) is 5.84. The Labute approximate surface area is 156 Å². The van der Waals surface area contributed by atoms with Crippen molar-refractivity contribution in [1.29, 1.82) is 0 Å². The quantitative estimate of drug-likeness (QED) is 0.819. The van der Waals surface area contributed by atoms with Gasteiger partial charge in [0.15, 0.2) is 5.13 Å². The largest absolute Gasteiger partial charge is 0.573 e. The van der Waals surface area contributed by atoms with Gasteiger partial charge >= 0.3 is 6.36 Å². The molecular formula is C16H17F3N4O3S. The predicted octanol–water partition coefficient (Wildman–Crippen LogP) is 2.47. The van der Waals surface area contributed by atoms with Gasteiger partial charge in [0.2, 0.25) is 11.8 Å². The van der Waals surface area contributed by atoms with Crippen LogP contribution in [0.2, 0.25) is 0 Å². The minimum atomic E-state index is -4.78. The third-order valence-electron chi connectivity index (χ3n) is 4.12. The number of nitrogens with zero attached hydrogens (tertiary/aromatic N) is 2. The molecule has 2 heterocycles. The number of rotatable bonds is 4. The molecule has 1 atom stereocenters. The zero-order valence-electron chi connectivity index (χ0n) is 14.1. The van der Waals surface area contributed by atoms with Gasteiger partial charge in [0.1, 0.15) is 11.8 Å². The maximum absolute atomic E-state index is 12.6. The summed E-state index contributed by atoms with van der Waals surface area (Å²) >= 11 is 1.03. The van der Waals surface area contributed by atoms with E-state index in [2.05, 4.69) is 15.0 Å². The lowest BCUT2D eigenvalue weighted by Gasteiger charge is -2.34. The standard InChI is InChI=1S/C16H17F3N4O3S/c17-16(18,19)26-9-4-5-10-12(7-9)27-15(21-10)22-14(25)11-3-1-2-6-23(11)13(24)8-20/h4-5,7,11H,1-3,6,8,20H2,(H,21,22,25). The first kappa shape index (κ1) is 19.4. The number of nitrogens with two attached hydrogens (primary N) is 1. The van der Waals surface area contributed by atoms with Crippen molar-refractivity contribution in [2.45, 2.75) is 31.7 Å². The van der Waals surface area contributed by atoms with E-state index in [1.54, 1.807) is 0 Å². The van der Waals surface area contributed by atoms with Crippen molar-refractivity contribution < 1.29 is 27.5 Å². The zero-order chi connectivity index (χ0) is 19.6. The molecule has 0 radical (unpaired) electrons. The molecule has 0 saturated carbocycles. The van der Waals surface area contributed by atoms with Gasteiger partial charge in [0, 0.05) is 12.6 Å². The van der Waals surface area contributed by atoms with E-state index in [9.17, 15) is 22.8 Å². The van der Waals surface area contributed by atoms with E-state index in [4.69, 9.17) is 5.73 Å². The summed E-state index contributed by atoms with van der Waals surface area (Å²) in [6, 6.07) is 3.11.